The van der Waals surface area contributed by atoms with E-state index in [4.69, 9.17) is 15.9 Å². The zero-order valence-electron chi connectivity index (χ0n) is 14.2. The molecular weight excluding hydrogens is 413 g/mol. The average molecular weight is 426 g/mol. The summed E-state index contributed by atoms with van der Waals surface area (Å²) in [5.74, 6) is 3.31. The maximum Gasteiger partial charge on any atom is 0.176 e. The van der Waals surface area contributed by atoms with Crippen LogP contribution in [-0.4, -0.2) is 23.7 Å². The highest BCUT2D eigenvalue weighted by molar-refractivity contribution is 9.10. The molecule has 0 unspecified atom stereocenters. The first-order valence-electron chi connectivity index (χ1n) is 7.77. The maximum atomic E-state index is 13.4. The van der Waals surface area contributed by atoms with Gasteiger partial charge >= 0.3 is 0 Å². The lowest BCUT2D eigenvalue weighted by molar-refractivity contribution is 0.329. The molecule has 0 bridgehead atoms. The number of fused-ring (bicyclic) bond motifs is 1. The summed E-state index contributed by atoms with van der Waals surface area (Å²) in [5.41, 5.74) is 2.07. The predicted octanol–water partition coefficient (Wildman–Crippen LogP) is 4.55. The number of hydrogen-bond acceptors (Lipinski definition) is 4. The number of allylic oxidation sites excluding steroid dienone is 1. The molecule has 0 fully saturated rings. The molecule has 3 rings (SSSR count). The number of terminal acetylenes is 1. The molecule has 27 heavy (non-hydrogen) atoms. The molecule has 1 N–H and O–H groups in total. The third-order valence-electron chi connectivity index (χ3n) is 3.68. The Morgan fingerprint density at radius 2 is 2.22 bits per heavy atom. The normalized spacial score (nSPS) is 11.1. The van der Waals surface area contributed by atoms with Crippen LogP contribution in [0.4, 0.5) is 4.39 Å². The van der Waals surface area contributed by atoms with Crippen LogP contribution in [-0.2, 0) is 0 Å². The van der Waals surface area contributed by atoms with E-state index < -0.39 is 0 Å². The second kappa shape index (κ2) is 7.94. The molecule has 0 radical (unpaired) electrons. The molecule has 0 atom stereocenters. The Hall–Kier alpha value is -3.29. The number of halogens is 2. The molecule has 0 aliphatic carbocycles. The van der Waals surface area contributed by atoms with Crippen LogP contribution in [0.1, 0.15) is 11.4 Å². The number of H-pyrrole nitrogens is 1. The zero-order valence-corrected chi connectivity index (χ0v) is 15.8. The van der Waals surface area contributed by atoms with Crippen molar-refractivity contribution in [1.29, 1.82) is 5.26 Å². The van der Waals surface area contributed by atoms with Gasteiger partial charge in [0.1, 0.15) is 24.3 Å². The molecule has 2 aromatic carbocycles. The van der Waals surface area contributed by atoms with Crippen molar-refractivity contribution in [3.63, 3.8) is 0 Å². The van der Waals surface area contributed by atoms with Crippen LogP contribution in [0.5, 0.6) is 11.5 Å². The number of nitriles is 1. The summed E-state index contributed by atoms with van der Waals surface area (Å²) in [6.45, 7) is 0.100. The fraction of sp³-hybridized carbons (Fsp3) is 0.100. The monoisotopic (exact) mass is 425 g/mol. The molecule has 0 spiro atoms. The molecule has 5 nitrogen and oxygen atoms in total. The van der Waals surface area contributed by atoms with Crippen LogP contribution in [0.15, 0.2) is 34.8 Å². The second-order valence-corrected chi connectivity index (χ2v) is 6.30. The Kier molecular flexibility index (Phi) is 5.44. The van der Waals surface area contributed by atoms with Gasteiger partial charge in [0.15, 0.2) is 11.5 Å². The Balaban J connectivity index is 2.03. The number of hydrogen-bond donors (Lipinski definition) is 1. The quantitative estimate of drug-likeness (QED) is 0.480. The number of benzene rings is 2. The van der Waals surface area contributed by atoms with E-state index in [-0.39, 0.29) is 18.0 Å². The van der Waals surface area contributed by atoms with Gasteiger partial charge in [0, 0.05) is 0 Å². The molecular formula is C20H13BrFN3O2. The summed E-state index contributed by atoms with van der Waals surface area (Å²) < 4.78 is 24.8. The van der Waals surface area contributed by atoms with E-state index in [0.717, 1.165) is 0 Å². The average Bonchev–Trinajstić information content (AvgIpc) is 3.07. The van der Waals surface area contributed by atoms with Gasteiger partial charge in [0.2, 0.25) is 0 Å². The first-order chi connectivity index (χ1) is 13.0. The van der Waals surface area contributed by atoms with Gasteiger partial charge in [-0.25, -0.2) is 9.37 Å². The van der Waals surface area contributed by atoms with Crippen molar-refractivity contribution in [2.24, 2.45) is 0 Å². The van der Waals surface area contributed by atoms with Crippen molar-refractivity contribution in [2.75, 3.05) is 13.7 Å². The van der Waals surface area contributed by atoms with Crippen molar-refractivity contribution in [3.8, 4) is 29.9 Å². The Bertz CT molecular complexity index is 1120. The van der Waals surface area contributed by atoms with Gasteiger partial charge < -0.3 is 14.5 Å². The van der Waals surface area contributed by atoms with Gasteiger partial charge in [0.05, 0.1) is 28.2 Å². The lowest BCUT2D eigenvalue weighted by Gasteiger charge is -2.12. The number of nitrogens with zero attached hydrogens (tertiary/aromatic N) is 2. The zero-order chi connectivity index (χ0) is 19.4. The summed E-state index contributed by atoms with van der Waals surface area (Å²) in [7, 11) is 1.51. The highest BCUT2D eigenvalue weighted by Crippen LogP contribution is 2.37. The molecule has 0 saturated carbocycles. The fourth-order valence-corrected chi connectivity index (χ4v) is 3.08. The van der Waals surface area contributed by atoms with Crippen LogP contribution < -0.4 is 9.47 Å². The molecule has 0 aliphatic rings. The third-order valence-corrected chi connectivity index (χ3v) is 4.27. The molecule has 3 aromatic rings. The first-order valence-corrected chi connectivity index (χ1v) is 8.56. The summed E-state index contributed by atoms with van der Waals surface area (Å²) in [6.07, 6.45) is 6.87. The third kappa shape index (κ3) is 3.94. The van der Waals surface area contributed by atoms with Crippen LogP contribution in [0.2, 0.25) is 0 Å². The van der Waals surface area contributed by atoms with E-state index in [9.17, 15) is 9.65 Å². The molecule has 0 aliphatic heterocycles. The lowest BCUT2D eigenvalue weighted by atomic mass is 10.1. The summed E-state index contributed by atoms with van der Waals surface area (Å²) >= 11 is 3.42. The second-order valence-electron chi connectivity index (χ2n) is 5.44. The summed E-state index contributed by atoms with van der Waals surface area (Å²) in [5, 5.41) is 9.54. The Morgan fingerprint density at radius 3 is 2.93 bits per heavy atom. The Morgan fingerprint density at radius 1 is 1.41 bits per heavy atom. The van der Waals surface area contributed by atoms with E-state index in [1.54, 1.807) is 24.3 Å². The Labute approximate surface area is 163 Å². The van der Waals surface area contributed by atoms with Crippen molar-refractivity contribution >= 4 is 38.6 Å². The minimum atomic E-state index is -0.378. The SMILES string of the molecule is C#CCOc1c(Br)cc(/C=C(/C#N)c2nc3ccc(F)cc3[nH]2)cc1OC. The van der Waals surface area contributed by atoms with Gasteiger partial charge in [-0.15, -0.1) is 6.42 Å². The number of imidazole rings is 1. The van der Waals surface area contributed by atoms with E-state index in [1.807, 2.05) is 0 Å². The van der Waals surface area contributed by atoms with Gasteiger partial charge in [-0.1, -0.05) is 5.92 Å². The van der Waals surface area contributed by atoms with Crippen molar-refractivity contribution in [2.45, 2.75) is 0 Å². The van der Waals surface area contributed by atoms with Gasteiger partial charge in [-0.2, -0.15) is 5.26 Å². The lowest BCUT2D eigenvalue weighted by Crippen LogP contribution is -1.98. The minimum Gasteiger partial charge on any atom is -0.493 e. The fourth-order valence-electron chi connectivity index (χ4n) is 2.51. The topological polar surface area (TPSA) is 70.9 Å². The number of rotatable bonds is 5. The van der Waals surface area contributed by atoms with Gasteiger partial charge in [-0.3, -0.25) is 0 Å². The van der Waals surface area contributed by atoms with Crippen LogP contribution in [0, 0.1) is 29.5 Å². The van der Waals surface area contributed by atoms with Crippen LogP contribution >= 0.6 is 15.9 Å². The number of nitrogens with one attached hydrogen (secondary N) is 1. The van der Waals surface area contributed by atoms with Crippen LogP contribution in [0.25, 0.3) is 22.7 Å². The predicted molar refractivity (Wildman–Crippen MR) is 105 cm³/mol. The van der Waals surface area contributed by atoms with Gasteiger partial charge in [0.25, 0.3) is 0 Å². The summed E-state index contributed by atoms with van der Waals surface area (Å²) in [6, 6.07) is 9.80. The standard InChI is InChI=1S/C20H13BrFN3O2/c1-3-6-27-19-15(21)8-12(9-18(19)26-2)7-13(11-23)20-24-16-5-4-14(22)10-17(16)25-20/h1,4-5,7-10H,6H2,2H3,(H,24,25)/b13-7-. The molecule has 0 saturated heterocycles. The number of methoxy groups -OCH3 is 1. The highest BCUT2D eigenvalue weighted by atomic mass is 79.9. The molecule has 1 heterocycles. The summed E-state index contributed by atoms with van der Waals surface area (Å²) in [4.78, 5) is 7.30. The van der Waals surface area contributed by atoms with Crippen molar-refractivity contribution < 1.29 is 13.9 Å². The highest BCUT2D eigenvalue weighted by Gasteiger charge is 2.13. The van der Waals surface area contributed by atoms with E-state index in [1.165, 1.54) is 19.2 Å². The number of aromatic nitrogens is 2. The van der Waals surface area contributed by atoms with Crippen molar-refractivity contribution in [3.05, 3.63) is 52.0 Å². The maximum absolute atomic E-state index is 13.4. The molecule has 134 valence electrons. The van der Waals surface area contributed by atoms with Crippen molar-refractivity contribution in [1.82, 2.24) is 9.97 Å². The smallest absolute Gasteiger partial charge is 0.176 e. The minimum absolute atomic E-state index is 0.100. The van der Waals surface area contributed by atoms with E-state index in [0.29, 0.717) is 38.4 Å². The number of aromatic amines is 1. The molecule has 0 amide bonds. The van der Waals surface area contributed by atoms with Crippen LogP contribution in [0.3, 0.4) is 0 Å². The molecule has 1 aromatic heterocycles. The first kappa shape index (κ1) is 18.5. The van der Waals surface area contributed by atoms with E-state index >= 15 is 0 Å². The largest absolute Gasteiger partial charge is 0.493 e. The van der Waals surface area contributed by atoms with E-state index in [2.05, 4.69) is 37.9 Å². The van der Waals surface area contributed by atoms with Gasteiger partial charge in [-0.05, 0) is 57.9 Å². The number of ether oxygens (including phenoxy) is 2. The molecule has 7 heteroatoms.